The summed E-state index contributed by atoms with van der Waals surface area (Å²) in [5.74, 6) is 0.481. The Morgan fingerprint density at radius 2 is 2.04 bits per heavy atom. The van der Waals surface area contributed by atoms with Crippen LogP contribution in [0.3, 0.4) is 0 Å². The zero-order valence-electron chi connectivity index (χ0n) is 14.7. The summed E-state index contributed by atoms with van der Waals surface area (Å²) < 4.78 is 4.94. The first-order chi connectivity index (χ1) is 11.5. The molecule has 5 nitrogen and oxygen atoms in total. The molecule has 0 spiro atoms. The maximum absolute atomic E-state index is 12.7. The van der Waals surface area contributed by atoms with Gasteiger partial charge in [-0.2, -0.15) is 0 Å². The Hall–Kier alpha value is -2.04. The fraction of sp³-hybridized carbons (Fsp3) is 0.579. The van der Waals surface area contributed by atoms with Crippen LogP contribution in [0.5, 0.6) is 0 Å². The summed E-state index contributed by atoms with van der Waals surface area (Å²) in [6.07, 6.45) is 2.20. The van der Waals surface area contributed by atoms with Crippen molar-refractivity contribution in [2.24, 2.45) is 5.92 Å². The highest BCUT2D eigenvalue weighted by atomic mass is 16.5. The van der Waals surface area contributed by atoms with E-state index in [9.17, 15) is 9.59 Å². The lowest BCUT2D eigenvalue weighted by Gasteiger charge is -2.43. The number of carbonyl (C=O) groups excluding carboxylic acids is 2. The van der Waals surface area contributed by atoms with E-state index in [1.807, 2.05) is 11.9 Å². The average Bonchev–Trinajstić information content (AvgIpc) is 2.71. The highest BCUT2D eigenvalue weighted by molar-refractivity contribution is 5.80. The third kappa shape index (κ3) is 3.40. The molecule has 3 rings (SSSR count). The number of hydrogen-bond donors (Lipinski definition) is 1. The summed E-state index contributed by atoms with van der Waals surface area (Å²) >= 11 is 0. The summed E-state index contributed by atoms with van der Waals surface area (Å²) in [4.78, 5) is 25.8. The molecule has 1 aromatic carbocycles. The fourth-order valence-electron chi connectivity index (χ4n) is 3.77. The predicted molar refractivity (Wildman–Crippen MR) is 91.9 cm³/mol. The smallest absolute Gasteiger partial charge is 0.407 e. The Labute approximate surface area is 143 Å². The molecule has 1 saturated heterocycles. The van der Waals surface area contributed by atoms with E-state index in [1.54, 1.807) is 0 Å². The van der Waals surface area contributed by atoms with Crippen molar-refractivity contribution in [2.75, 3.05) is 20.2 Å². The van der Waals surface area contributed by atoms with Gasteiger partial charge in [0.05, 0.1) is 12.5 Å². The summed E-state index contributed by atoms with van der Waals surface area (Å²) in [5.41, 5.74) is 4.04. The number of nitrogens with zero attached hydrogens (tertiary/aromatic N) is 1. The number of benzene rings is 1. The molecule has 2 fully saturated rings. The van der Waals surface area contributed by atoms with Crippen molar-refractivity contribution in [2.45, 2.75) is 45.1 Å². The molecule has 5 heteroatoms. The molecule has 1 atom stereocenters. The van der Waals surface area contributed by atoms with Crippen molar-refractivity contribution >= 4 is 12.0 Å². The van der Waals surface area contributed by atoms with E-state index in [2.05, 4.69) is 37.4 Å². The van der Waals surface area contributed by atoms with Gasteiger partial charge >= 0.3 is 6.09 Å². The Morgan fingerprint density at radius 1 is 1.29 bits per heavy atom. The van der Waals surface area contributed by atoms with Gasteiger partial charge in [0.2, 0.25) is 5.91 Å². The van der Waals surface area contributed by atoms with Crippen LogP contribution < -0.4 is 5.32 Å². The lowest BCUT2D eigenvalue weighted by molar-refractivity contribution is -0.138. The molecule has 2 amide bonds. The van der Waals surface area contributed by atoms with Crippen molar-refractivity contribution in [1.82, 2.24) is 10.2 Å². The van der Waals surface area contributed by atoms with E-state index < -0.39 is 6.09 Å². The van der Waals surface area contributed by atoms with Crippen molar-refractivity contribution < 1.29 is 14.3 Å². The quantitative estimate of drug-likeness (QED) is 0.927. The van der Waals surface area contributed by atoms with Crippen molar-refractivity contribution in [3.8, 4) is 0 Å². The van der Waals surface area contributed by atoms with Gasteiger partial charge in [-0.3, -0.25) is 4.79 Å². The normalized spacial score (nSPS) is 26.6. The van der Waals surface area contributed by atoms with E-state index in [0.29, 0.717) is 31.5 Å². The van der Waals surface area contributed by atoms with Crippen LogP contribution in [0.4, 0.5) is 4.79 Å². The second-order valence-corrected chi connectivity index (χ2v) is 7.13. The van der Waals surface area contributed by atoms with Crippen LogP contribution in [-0.4, -0.2) is 43.1 Å². The number of hydrogen-bond acceptors (Lipinski definition) is 3. The van der Waals surface area contributed by atoms with Crippen LogP contribution in [0.25, 0.3) is 0 Å². The highest BCUT2D eigenvalue weighted by Crippen LogP contribution is 2.41. The van der Waals surface area contributed by atoms with Gasteiger partial charge in [0.25, 0.3) is 0 Å². The van der Waals surface area contributed by atoms with Crippen LogP contribution in [0.2, 0.25) is 0 Å². The van der Waals surface area contributed by atoms with Gasteiger partial charge in [-0.1, -0.05) is 23.8 Å². The second kappa shape index (κ2) is 6.83. The van der Waals surface area contributed by atoms with Crippen LogP contribution >= 0.6 is 0 Å². The molecule has 1 saturated carbocycles. The van der Waals surface area contributed by atoms with E-state index in [-0.39, 0.29) is 11.8 Å². The first-order valence-corrected chi connectivity index (χ1v) is 8.70. The van der Waals surface area contributed by atoms with E-state index in [0.717, 1.165) is 12.8 Å². The Morgan fingerprint density at radius 3 is 2.75 bits per heavy atom. The number of alkyl carbamates (subject to hydrolysis) is 1. The number of aryl methyl sites for hydroxylation is 2. The minimum Gasteiger partial charge on any atom is -0.450 e. The lowest BCUT2D eigenvalue weighted by atomic mass is 9.73. The minimum absolute atomic E-state index is 0.116. The van der Waals surface area contributed by atoms with E-state index in [4.69, 9.17) is 4.74 Å². The molecular weight excluding hydrogens is 304 g/mol. The molecule has 130 valence electrons. The number of ether oxygens (including phenoxy) is 1. The van der Waals surface area contributed by atoms with E-state index >= 15 is 0 Å². The molecule has 0 aromatic heterocycles. The van der Waals surface area contributed by atoms with Gasteiger partial charge in [0, 0.05) is 19.6 Å². The van der Waals surface area contributed by atoms with Crippen molar-refractivity contribution in [3.05, 3.63) is 34.9 Å². The lowest BCUT2D eigenvalue weighted by Crippen LogP contribution is -2.48. The Kier molecular flexibility index (Phi) is 4.78. The van der Waals surface area contributed by atoms with Gasteiger partial charge in [-0.25, -0.2) is 4.79 Å². The van der Waals surface area contributed by atoms with Gasteiger partial charge in [0.15, 0.2) is 0 Å². The monoisotopic (exact) mass is 330 g/mol. The SMILES string of the molecule is Cc1ccc([C@H]2C[C@@H](N(C)C(=O)[C@@H]3CCOC(=O)NC3)C2)c(C)c1. The first-order valence-electron chi connectivity index (χ1n) is 8.70. The molecule has 24 heavy (non-hydrogen) atoms. The molecule has 1 aliphatic carbocycles. The average molecular weight is 330 g/mol. The summed E-state index contributed by atoms with van der Waals surface area (Å²) in [6, 6.07) is 6.92. The maximum atomic E-state index is 12.7. The number of rotatable bonds is 3. The van der Waals surface area contributed by atoms with Crippen molar-refractivity contribution in [3.63, 3.8) is 0 Å². The largest absolute Gasteiger partial charge is 0.450 e. The van der Waals surface area contributed by atoms with Crippen molar-refractivity contribution in [1.29, 1.82) is 0 Å². The van der Waals surface area contributed by atoms with Crippen LogP contribution in [0.15, 0.2) is 18.2 Å². The summed E-state index contributed by atoms with van der Waals surface area (Å²) in [7, 11) is 1.89. The highest BCUT2D eigenvalue weighted by Gasteiger charge is 2.37. The van der Waals surface area contributed by atoms with Gasteiger partial charge in [-0.05, 0) is 50.2 Å². The number of nitrogens with one attached hydrogen (secondary N) is 1. The molecule has 0 bridgehead atoms. The fourth-order valence-corrected chi connectivity index (χ4v) is 3.77. The molecule has 1 heterocycles. The van der Waals surface area contributed by atoms with Gasteiger partial charge in [0.1, 0.15) is 0 Å². The molecule has 1 aromatic rings. The predicted octanol–water partition coefficient (Wildman–Crippen LogP) is 2.75. The number of amides is 2. The number of carbonyl (C=O) groups is 2. The maximum Gasteiger partial charge on any atom is 0.407 e. The van der Waals surface area contributed by atoms with Gasteiger partial charge < -0.3 is 15.0 Å². The molecule has 1 aliphatic heterocycles. The summed E-state index contributed by atoms with van der Waals surface area (Å²) in [5, 5.41) is 2.64. The second-order valence-electron chi connectivity index (χ2n) is 7.13. The third-order valence-corrected chi connectivity index (χ3v) is 5.42. The van der Waals surface area contributed by atoms with Crippen LogP contribution in [0.1, 0.15) is 41.9 Å². The van der Waals surface area contributed by atoms with Gasteiger partial charge in [-0.15, -0.1) is 0 Å². The van der Waals surface area contributed by atoms with Crippen LogP contribution in [-0.2, 0) is 9.53 Å². The van der Waals surface area contributed by atoms with Crippen LogP contribution in [0, 0.1) is 19.8 Å². The molecule has 2 aliphatic rings. The third-order valence-electron chi connectivity index (χ3n) is 5.42. The minimum atomic E-state index is -0.425. The Balaban J connectivity index is 1.56. The zero-order chi connectivity index (χ0) is 17.3. The number of cyclic esters (lactones) is 1. The Bertz CT molecular complexity index is 637. The summed E-state index contributed by atoms with van der Waals surface area (Å²) in [6.45, 7) is 4.96. The first kappa shape index (κ1) is 16.8. The van der Waals surface area contributed by atoms with E-state index in [1.165, 1.54) is 16.7 Å². The zero-order valence-corrected chi connectivity index (χ0v) is 14.7. The standard InChI is InChI=1S/C19H26N2O3/c1-12-4-5-17(13(2)8-12)15-9-16(10-15)21(3)18(22)14-6-7-24-19(23)20-11-14/h4-5,8,14-16H,6-7,9-11H2,1-3H3,(H,20,23)/t14-,15-,16+/m1/s1. The molecule has 1 N–H and O–H groups in total. The molecule has 0 radical (unpaired) electrons. The molecule has 0 unspecified atom stereocenters. The topological polar surface area (TPSA) is 58.6 Å². The molecular formula is C19H26N2O3.